The van der Waals surface area contributed by atoms with Crippen molar-refractivity contribution in [3.8, 4) is 5.75 Å². The molecule has 0 saturated carbocycles. The van der Waals surface area contributed by atoms with E-state index < -0.39 is 0 Å². The van der Waals surface area contributed by atoms with Crippen LogP contribution in [0.1, 0.15) is 18.2 Å². The molecular weight excluding hydrogens is 288 g/mol. The highest BCUT2D eigenvalue weighted by Gasteiger charge is 2.26. The van der Waals surface area contributed by atoms with Crippen molar-refractivity contribution in [2.75, 3.05) is 31.6 Å². The van der Waals surface area contributed by atoms with Crippen LogP contribution in [0, 0.1) is 6.92 Å². The number of hydrogen-bond acceptors (Lipinski definition) is 4. The minimum absolute atomic E-state index is 0.494. The van der Waals surface area contributed by atoms with Crippen molar-refractivity contribution in [3.63, 3.8) is 0 Å². The summed E-state index contributed by atoms with van der Waals surface area (Å²) in [4.78, 5) is 4.96. The van der Waals surface area contributed by atoms with E-state index in [1.165, 1.54) is 16.9 Å². The lowest BCUT2D eigenvalue weighted by Crippen LogP contribution is -2.51. The summed E-state index contributed by atoms with van der Waals surface area (Å²) < 4.78 is 7.46. The molecule has 23 heavy (non-hydrogen) atoms. The zero-order chi connectivity index (χ0) is 16.4. The van der Waals surface area contributed by atoms with Gasteiger partial charge in [-0.1, -0.05) is 12.1 Å². The Hall–Kier alpha value is -2.01. The van der Waals surface area contributed by atoms with E-state index in [2.05, 4.69) is 40.9 Å². The number of benzene rings is 1. The summed E-state index contributed by atoms with van der Waals surface area (Å²) >= 11 is 0. The highest BCUT2D eigenvalue weighted by Crippen LogP contribution is 2.29. The lowest BCUT2D eigenvalue weighted by molar-refractivity contribution is 0.180. The van der Waals surface area contributed by atoms with Crippen LogP contribution in [0.15, 0.2) is 30.5 Å². The van der Waals surface area contributed by atoms with Crippen LogP contribution in [0.3, 0.4) is 0 Å². The number of rotatable bonds is 4. The number of aryl methyl sites for hydroxylation is 1. The maximum absolute atomic E-state index is 5.51. The second kappa shape index (κ2) is 6.62. The van der Waals surface area contributed by atoms with E-state index in [0.717, 1.165) is 31.9 Å². The van der Waals surface area contributed by atoms with Gasteiger partial charge >= 0.3 is 0 Å². The molecule has 2 aromatic rings. The predicted octanol–water partition coefficient (Wildman–Crippen LogP) is 2.45. The zero-order valence-corrected chi connectivity index (χ0v) is 14.5. The Bertz CT molecular complexity index is 667. The van der Waals surface area contributed by atoms with Gasteiger partial charge in [-0.25, -0.2) is 0 Å². The number of para-hydroxylation sites is 2. The molecule has 124 valence electrons. The van der Waals surface area contributed by atoms with Crippen LogP contribution in [0.5, 0.6) is 5.75 Å². The maximum atomic E-state index is 5.51. The number of piperazine rings is 1. The molecule has 1 aromatic carbocycles. The monoisotopic (exact) mass is 314 g/mol. The molecule has 1 aliphatic heterocycles. The van der Waals surface area contributed by atoms with Gasteiger partial charge in [0.05, 0.1) is 19.0 Å². The van der Waals surface area contributed by atoms with E-state index in [9.17, 15) is 0 Å². The molecule has 0 radical (unpaired) electrons. The summed E-state index contributed by atoms with van der Waals surface area (Å²) in [6.07, 6.45) is 1.99. The first-order chi connectivity index (χ1) is 11.1. The number of anilines is 1. The number of nitrogens with zero attached hydrogens (tertiary/aromatic N) is 4. The first-order valence-electron chi connectivity index (χ1n) is 8.19. The van der Waals surface area contributed by atoms with Crippen LogP contribution in [0.25, 0.3) is 0 Å². The van der Waals surface area contributed by atoms with Crippen molar-refractivity contribution in [2.24, 2.45) is 7.05 Å². The highest BCUT2D eigenvalue weighted by atomic mass is 16.5. The van der Waals surface area contributed by atoms with Crippen molar-refractivity contribution < 1.29 is 4.74 Å². The van der Waals surface area contributed by atoms with E-state index in [1.807, 2.05) is 30.1 Å². The summed E-state index contributed by atoms with van der Waals surface area (Å²) in [5, 5.41) is 4.35. The minimum Gasteiger partial charge on any atom is -0.495 e. The molecule has 5 nitrogen and oxygen atoms in total. The molecule has 0 amide bonds. The molecule has 0 aliphatic carbocycles. The molecule has 0 bridgehead atoms. The molecule has 1 aromatic heterocycles. The average Bonchev–Trinajstić information content (AvgIpc) is 2.88. The van der Waals surface area contributed by atoms with Gasteiger partial charge in [-0.3, -0.25) is 9.58 Å². The van der Waals surface area contributed by atoms with Gasteiger partial charge in [0.1, 0.15) is 5.75 Å². The molecule has 5 heteroatoms. The number of methoxy groups -OCH3 is 1. The van der Waals surface area contributed by atoms with Gasteiger partial charge in [-0.15, -0.1) is 0 Å². The Morgan fingerprint density at radius 2 is 2.04 bits per heavy atom. The average molecular weight is 314 g/mol. The Kier molecular flexibility index (Phi) is 4.57. The molecule has 1 atom stereocenters. The summed E-state index contributed by atoms with van der Waals surface area (Å²) in [7, 11) is 3.74. The molecule has 1 aliphatic rings. The summed E-state index contributed by atoms with van der Waals surface area (Å²) in [5.41, 5.74) is 3.77. The fraction of sp³-hybridized carbons (Fsp3) is 0.500. The second-order valence-corrected chi connectivity index (χ2v) is 6.32. The van der Waals surface area contributed by atoms with Crippen LogP contribution < -0.4 is 9.64 Å². The molecular formula is C18H26N4O. The Morgan fingerprint density at radius 3 is 2.70 bits per heavy atom. The van der Waals surface area contributed by atoms with Gasteiger partial charge in [0.15, 0.2) is 0 Å². The van der Waals surface area contributed by atoms with Crippen LogP contribution in [0.4, 0.5) is 5.69 Å². The third-order valence-electron chi connectivity index (χ3n) is 4.90. The first kappa shape index (κ1) is 15.9. The van der Waals surface area contributed by atoms with Crippen molar-refractivity contribution in [2.45, 2.75) is 26.4 Å². The van der Waals surface area contributed by atoms with Gasteiger partial charge in [0.25, 0.3) is 0 Å². The van der Waals surface area contributed by atoms with E-state index >= 15 is 0 Å². The van der Waals surface area contributed by atoms with Gasteiger partial charge in [-0.05, 0) is 26.0 Å². The smallest absolute Gasteiger partial charge is 0.142 e. The van der Waals surface area contributed by atoms with Crippen LogP contribution in [-0.4, -0.2) is 47.5 Å². The van der Waals surface area contributed by atoms with Gasteiger partial charge in [-0.2, -0.15) is 5.10 Å². The van der Waals surface area contributed by atoms with E-state index in [4.69, 9.17) is 4.74 Å². The predicted molar refractivity (Wildman–Crippen MR) is 93.0 cm³/mol. The molecule has 1 unspecified atom stereocenters. The fourth-order valence-electron chi connectivity index (χ4n) is 3.26. The molecule has 1 saturated heterocycles. The third-order valence-corrected chi connectivity index (χ3v) is 4.90. The Morgan fingerprint density at radius 1 is 1.26 bits per heavy atom. The maximum Gasteiger partial charge on any atom is 0.142 e. The molecule has 0 N–H and O–H groups in total. The molecule has 2 heterocycles. The first-order valence-corrected chi connectivity index (χ1v) is 8.19. The third kappa shape index (κ3) is 3.20. The Balaban J connectivity index is 1.69. The molecule has 1 fully saturated rings. The van der Waals surface area contributed by atoms with Crippen molar-refractivity contribution in [1.29, 1.82) is 0 Å². The second-order valence-electron chi connectivity index (χ2n) is 6.32. The number of hydrogen-bond donors (Lipinski definition) is 0. The van der Waals surface area contributed by atoms with Crippen LogP contribution in [0.2, 0.25) is 0 Å². The summed E-state index contributed by atoms with van der Waals surface area (Å²) in [5.74, 6) is 0.955. The minimum atomic E-state index is 0.494. The lowest BCUT2D eigenvalue weighted by atomic mass is 10.1. The highest BCUT2D eigenvalue weighted by molar-refractivity contribution is 5.58. The van der Waals surface area contributed by atoms with E-state index in [-0.39, 0.29) is 0 Å². The quantitative estimate of drug-likeness (QED) is 0.868. The van der Waals surface area contributed by atoms with Gasteiger partial charge < -0.3 is 9.64 Å². The summed E-state index contributed by atoms with van der Waals surface area (Å²) in [6.45, 7) is 8.49. The fourth-order valence-corrected chi connectivity index (χ4v) is 3.26. The topological polar surface area (TPSA) is 33.5 Å². The standard InChI is InChI=1S/C18H26N4O/c1-14-12-22(17-7-5-6-8-18(17)23-4)10-9-21(14)13-16-11-19-20(3)15(16)2/h5-8,11,14H,9-10,12-13H2,1-4H3. The number of ether oxygens (including phenoxy) is 1. The van der Waals surface area contributed by atoms with Crippen molar-refractivity contribution in [3.05, 3.63) is 41.7 Å². The number of aromatic nitrogens is 2. The SMILES string of the molecule is COc1ccccc1N1CCN(Cc2cnn(C)c2C)C(C)C1. The summed E-state index contributed by atoms with van der Waals surface area (Å²) in [6, 6.07) is 8.77. The zero-order valence-electron chi connectivity index (χ0n) is 14.5. The Labute approximate surface area is 138 Å². The van der Waals surface area contributed by atoms with Gasteiger partial charge in [0, 0.05) is 50.5 Å². The van der Waals surface area contributed by atoms with E-state index in [1.54, 1.807) is 7.11 Å². The lowest BCUT2D eigenvalue weighted by Gasteiger charge is -2.41. The largest absolute Gasteiger partial charge is 0.495 e. The van der Waals surface area contributed by atoms with Gasteiger partial charge in [0.2, 0.25) is 0 Å². The van der Waals surface area contributed by atoms with Crippen molar-refractivity contribution in [1.82, 2.24) is 14.7 Å². The van der Waals surface area contributed by atoms with Crippen molar-refractivity contribution >= 4 is 5.69 Å². The molecule has 0 spiro atoms. The molecule has 3 rings (SSSR count). The normalized spacial score (nSPS) is 19.1. The van der Waals surface area contributed by atoms with Crippen LogP contribution >= 0.6 is 0 Å². The van der Waals surface area contributed by atoms with E-state index in [0.29, 0.717) is 6.04 Å². The van der Waals surface area contributed by atoms with Crippen LogP contribution in [-0.2, 0) is 13.6 Å².